The Morgan fingerprint density at radius 3 is 2.60 bits per heavy atom. The molecule has 0 aliphatic carbocycles. The summed E-state index contributed by atoms with van der Waals surface area (Å²) in [6, 6.07) is 5.73. The SMILES string of the molecule is Fc1cccc(C(CBr)OCC(F)F)c1. The van der Waals surface area contributed by atoms with Crippen LogP contribution in [0.25, 0.3) is 0 Å². The van der Waals surface area contributed by atoms with E-state index < -0.39 is 25.0 Å². The van der Waals surface area contributed by atoms with Crippen LogP contribution >= 0.6 is 15.9 Å². The normalized spacial score (nSPS) is 13.1. The predicted molar refractivity (Wildman–Crippen MR) is 54.9 cm³/mol. The molecule has 1 atom stereocenters. The molecule has 0 aliphatic heterocycles. The second-order valence-corrected chi connectivity index (χ2v) is 3.57. The molecule has 5 heteroatoms. The molecule has 84 valence electrons. The van der Waals surface area contributed by atoms with Gasteiger partial charge in [-0.05, 0) is 17.7 Å². The van der Waals surface area contributed by atoms with Crippen molar-refractivity contribution in [3.8, 4) is 0 Å². The number of ether oxygens (including phenoxy) is 1. The van der Waals surface area contributed by atoms with E-state index in [-0.39, 0.29) is 0 Å². The summed E-state index contributed by atoms with van der Waals surface area (Å²) in [7, 11) is 0. The molecule has 0 spiro atoms. The van der Waals surface area contributed by atoms with Crippen molar-refractivity contribution in [3.63, 3.8) is 0 Å². The van der Waals surface area contributed by atoms with Crippen molar-refractivity contribution in [1.82, 2.24) is 0 Å². The van der Waals surface area contributed by atoms with Crippen molar-refractivity contribution in [2.75, 3.05) is 11.9 Å². The minimum Gasteiger partial charge on any atom is -0.367 e. The average molecular weight is 283 g/mol. The van der Waals surface area contributed by atoms with Gasteiger partial charge in [0.2, 0.25) is 0 Å². The second-order valence-electron chi connectivity index (χ2n) is 2.92. The lowest BCUT2D eigenvalue weighted by atomic mass is 10.1. The highest BCUT2D eigenvalue weighted by Gasteiger charge is 2.13. The molecule has 0 amide bonds. The molecule has 1 rings (SSSR count). The van der Waals surface area contributed by atoms with Crippen molar-refractivity contribution in [2.45, 2.75) is 12.5 Å². The van der Waals surface area contributed by atoms with Crippen LogP contribution in [0.1, 0.15) is 11.7 Å². The Balaban J connectivity index is 2.65. The molecule has 0 saturated carbocycles. The molecule has 0 aromatic heterocycles. The summed E-state index contributed by atoms with van der Waals surface area (Å²) in [6.45, 7) is -0.646. The Morgan fingerprint density at radius 1 is 1.33 bits per heavy atom. The van der Waals surface area contributed by atoms with Crippen LogP contribution in [0.2, 0.25) is 0 Å². The van der Waals surface area contributed by atoms with Crippen LogP contribution in [-0.2, 0) is 4.74 Å². The number of alkyl halides is 3. The molecular formula is C10H10BrF3O. The highest BCUT2D eigenvalue weighted by molar-refractivity contribution is 9.09. The van der Waals surface area contributed by atoms with Gasteiger partial charge in [-0.25, -0.2) is 13.2 Å². The molecule has 0 fully saturated rings. The molecule has 0 heterocycles. The highest BCUT2D eigenvalue weighted by atomic mass is 79.9. The Bertz CT molecular complexity index is 306. The number of hydrogen-bond donors (Lipinski definition) is 0. The maximum atomic E-state index is 12.8. The van der Waals surface area contributed by atoms with E-state index in [2.05, 4.69) is 15.9 Å². The Kier molecular flexibility index (Phi) is 5.11. The van der Waals surface area contributed by atoms with Gasteiger partial charge in [0, 0.05) is 5.33 Å². The summed E-state index contributed by atoms with van der Waals surface area (Å²) in [5.74, 6) is -0.404. The van der Waals surface area contributed by atoms with E-state index >= 15 is 0 Å². The van der Waals surface area contributed by atoms with Crippen molar-refractivity contribution < 1.29 is 17.9 Å². The Labute approximate surface area is 94.4 Å². The molecule has 0 N–H and O–H groups in total. The van der Waals surface area contributed by atoms with E-state index in [1.165, 1.54) is 18.2 Å². The van der Waals surface area contributed by atoms with Gasteiger partial charge in [0.1, 0.15) is 12.4 Å². The quantitative estimate of drug-likeness (QED) is 0.751. The van der Waals surface area contributed by atoms with E-state index in [1.54, 1.807) is 6.07 Å². The highest BCUT2D eigenvalue weighted by Crippen LogP contribution is 2.21. The summed E-state index contributed by atoms with van der Waals surface area (Å²) in [4.78, 5) is 0. The zero-order chi connectivity index (χ0) is 11.3. The minimum atomic E-state index is -2.51. The molecule has 0 bridgehead atoms. The standard InChI is InChI=1S/C10H10BrF3O/c11-5-9(15-6-10(13)14)7-2-1-3-8(12)4-7/h1-4,9-10H,5-6H2. The van der Waals surface area contributed by atoms with E-state index in [0.29, 0.717) is 10.9 Å². The summed E-state index contributed by atoms with van der Waals surface area (Å²) >= 11 is 3.13. The summed E-state index contributed by atoms with van der Waals surface area (Å²) in [5.41, 5.74) is 0.549. The van der Waals surface area contributed by atoms with E-state index in [0.717, 1.165) is 0 Å². The molecule has 0 saturated heterocycles. The fourth-order valence-electron chi connectivity index (χ4n) is 1.13. The van der Waals surface area contributed by atoms with E-state index in [9.17, 15) is 13.2 Å². The summed E-state index contributed by atoms with van der Waals surface area (Å²) < 4.78 is 41.6. The lowest BCUT2D eigenvalue weighted by Gasteiger charge is -2.15. The van der Waals surface area contributed by atoms with Gasteiger partial charge in [-0.1, -0.05) is 28.1 Å². The van der Waals surface area contributed by atoms with Gasteiger partial charge in [-0.2, -0.15) is 0 Å². The van der Waals surface area contributed by atoms with Crippen LogP contribution < -0.4 is 0 Å². The van der Waals surface area contributed by atoms with Gasteiger partial charge in [0.25, 0.3) is 6.43 Å². The Hall–Kier alpha value is -0.550. The van der Waals surface area contributed by atoms with Crippen molar-refractivity contribution >= 4 is 15.9 Å². The molecule has 0 radical (unpaired) electrons. The average Bonchev–Trinajstić information content (AvgIpc) is 2.18. The molecule has 1 aromatic rings. The first-order valence-corrected chi connectivity index (χ1v) is 5.47. The number of benzene rings is 1. The fourth-order valence-corrected chi connectivity index (χ4v) is 1.69. The van der Waals surface area contributed by atoms with Crippen LogP contribution in [0.15, 0.2) is 24.3 Å². The first-order chi connectivity index (χ1) is 7.13. The lowest BCUT2D eigenvalue weighted by Crippen LogP contribution is -2.11. The number of hydrogen-bond acceptors (Lipinski definition) is 1. The van der Waals surface area contributed by atoms with Gasteiger partial charge in [0.15, 0.2) is 0 Å². The molecular weight excluding hydrogens is 273 g/mol. The smallest absolute Gasteiger partial charge is 0.261 e. The van der Waals surface area contributed by atoms with Gasteiger partial charge >= 0.3 is 0 Å². The molecule has 1 nitrogen and oxygen atoms in total. The summed E-state index contributed by atoms with van der Waals surface area (Å²) in [6.07, 6.45) is -3.06. The summed E-state index contributed by atoms with van der Waals surface area (Å²) in [5, 5.41) is 0.350. The third-order valence-corrected chi connectivity index (χ3v) is 2.37. The largest absolute Gasteiger partial charge is 0.367 e. The van der Waals surface area contributed by atoms with Gasteiger partial charge in [0.05, 0.1) is 6.10 Å². The minimum absolute atomic E-state index is 0.350. The maximum Gasteiger partial charge on any atom is 0.261 e. The van der Waals surface area contributed by atoms with Gasteiger partial charge in [-0.3, -0.25) is 0 Å². The fraction of sp³-hybridized carbons (Fsp3) is 0.400. The monoisotopic (exact) mass is 282 g/mol. The van der Waals surface area contributed by atoms with Crippen LogP contribution in [0.3, 0.4) is 0 Å². The molecule has 15 heavy (non-hydrogen) atoms. The molecule has 1 aromatic carbocycles. The zero-order valence-corrected chi connectivity index (χ0v) is 9.38. The van der Waals surface area contributed by atoms with E-state index in [1.807, 2.05) is 0 Å². The topological polar surface area (TPSA) is 9.23 Å². The van der Waals surface area contributed by atoms with Gasteiger partial charge < -0.3 is 4.74 Å². The van der Waals surface area contributed by atoms with Crippen molar-refractivity contribution in [1.29, 1.82) is 0 Å². The first kappa shape index (κ1) is 12.5. The number of rotatable bonds is 5. The lowest BCUT2D eigenvalue weighted by molar-refractivity contribution is -0.0160. The first-order valence-electron chi connectivity index (χ1n) is 4.34. The maximum absolute atomic E-state index is 12.8. The number of halogens is 4. The molecule has 1 unspecified atom stereocenters. The third-order valence-electron chi connectivity index (χ3n) is 1.78. The van der Waals surface area contributed by atoms with Gasteiger partial charge in [-0.15, -0.1) is 0 Å². The van der Waals surface area contributed by atoms with Crippen LogP contribution in [0.4, 0.5) is 13.2 Å². The van der Waals surface area contributed by atoms with Crippen molar-refractivity contribution in [2.24, 2.45) is 0 Å². The third kappa shape index (κ3) is 4.22. The van der Waals surface area contributed by atoms with Crippen molar-refractivity contribution in [3.05, 3.63) is 35.6 Å². The second kappa shape index (κ2) is 6.12. The predicted octanol–water partition coefficient (Wildman–Crippen LogP) is 3.54. The molecule has 0 aliphatic rings. The van der Waals surface area contributed by atoms with Crippen LogP contribution in [0.5, 0.6) is 0 Å². The van der Waals surface area contributed by atoms with Crippen LogP contribution in [-0.4, -0.2) is 18.4 Å². The Morgan fingerprint density at radius 2 is 2.07 bits per heavy atom. The zero-order valence-electron chi connectivity index (χ0n) is 7.80. The van der Waals surface area contributed by atoms with Crippen LogP contribution in [0, 0.1) is 5.82 Å². The van der Waals surface area contributed by atoms with E-state index in [4.69, 9.17) is 4.74 Å².